The first-order chi connectivity index (χ1) is 17.3. The Balaban J connectivity index is 1.58. The Kier molecular flexibility index (Phi) is 6.20. The Bertz CT molecular complexity index is 1650. The van der Waals surface area contributed by atoms with Crippen molar-refractivity contribution in [1.29, 1.82) is 0 Å². The Morgan fingerprint density at radius 3 is 2.25 bits per heavy atom. The largest absolute Gasteiger partial charge is 0.481 e. The van der Waals surface area contributed by atoms with Crippen LogP contribution in [0.25, 0.3) is 21.9 Å². The number of aromatic nitrogens is 3. The summed E-state index contributed by atoms with van der Waals surface area (Å²) in [5, 5.41) is 22.5. The van der Waals surface area contributed by atoms with Crippen LogP contribution < -0.4 is 5.69 Å². The standard InChI is InChI=1S/C28H26ClN3O4/c1-17-6-5-9-24-25(17)19(14-30(24)2)15-31-22-7-3-4-8-23(22)32(28(31)36)16-21(27(34)35)26(33)18-10-12-20(29)13-11-18/h3-14,21,26,33H,15-16H2,1-2H3,(H,34,35). The molecule has 184 valence electrons. The average Bonchev–Trinajstić information content (AvgIpc) is 3.32. The number of benzene rings is 3. The van der Waals surface area contributed by atoms with Gasteiger partial charge in [-0.25, -0.2) is 4.79 Å². The molecule has 0 aliphatic rings. The fourth-order valence-electron chi connectivity index (χ4n) is 5.03. The van der Waals surface area contributed by atoms with E-state index >= 15 is 0 Å². The molecule has 0 saturated carbocycles. The molecule has 2 heterocycles. The van der Waals surface area contributed by atoms with Gasteiger partial charge in [0.2, 0.25) is 0 Å². The Morgan fingerprint density at radius 1 is 0.944 bits per heavy atom. The maximum absolute atomic E-state index is 13.7. The minimum Gasteiger partial charge on any atom is -0.481 e. The molecular formula is C28H26ClN3O4. The zero-order chi connectivity index (χ0) is 25.6. The summed E-state index contributed by atoms with van der Waals surface area (Å²) in [5.74, 6) is -2.42. The zero-order valence-electron chi connectivity index (χ0n) is 19.9. The van der Waals surface area contributed by atoms with Gasteiger partial charge in [-0.1, -0.05) is 48.0 Å². The normalized spacial score (nSPS) is 13.3. The van der Waals surface area contributed by atoms with E-state index in [9.17, 15) is 19.8 Å². The highest BCUT2D eigenvalue weighted by Crippen LogP contribution is 2.28. The summed E-state index contributed by atoms with van der Waals surface area (Å²) in [5.41, 5.74) is 4.64. The number of aliphatic hydroxyl groups excluding tert-OH is 1. The number of nitrogens with zero attached hydrogens (tertiary/aromatic N) is 3. The van der Waals surface area contributed by atoms with E-state index in [2.05, 4.69) is 0 Å². The van der Waals surface area contributed by atoms with Gasteiger partial charge >= 0.3 is 11.7 Å². The van der Waals surface area contributed by atoms with Crippen molar-refractivity contribution < 1.29 is 15.0 Å². The molecule has 0 bridgehead atoms. The zero-order valence-corrected chi connectivity index (χ0v) is 20.7. The molecule has 0 amide bonds. The van der Waals surface area contributed by atoms with Crippen molar-refractivity contribution in [3.63, 3.8) is 0 Å². The van der Waals surface area contributed by atoms with E-state index in [1.807, 2.05) is 61.1 Å². The summed E-state index contributed by atoms with van der Waals surface area (Å²) in [6, 6.07) is 19.8. The minimum atomic E-state index is -1.31. The number of aryl methyl sites for hydroxylation is 2. The number of carbonyl (C=O) groups is 1. The number of carboxylic acid groups (broad SMARTS) is 1. The van der Waals surface area contributed by atoms with Crippen LogP contribution in [-0.2, 0) is 24.9 Å². The minimum absolute atomic E-state index is 0.181. The van der Waals surface area contributed by atoms with Crippen molar-refractivity contribution in [2.45, 2.75) is 26.1 Å². The highest BCUT2D eigenvalue weighted by atomic mass is 35.5. The number of halogens is 1. The number of rotatable bonds is 7. The molecule has 3 aromatic carbocycles. The third kappa shape index (κ3) is 4.10. The predicted octanol–water partition coefficient (Wildman–Crippen LogP) is 4.74. The third-order valence-electron chi connectivity index (χ3n) is 6.84. The van der Waals surface area contributed by atoms with Crippen molar-refractivity contribution in [2.24, 2.45) is 13.0 Å². The average molecular weight is 504 g/mol. The molecule has 7 nitrogen and oxygen atoms in total. The topological polar surface area (TPSA) is 89.4 Å². The second kappa shape index (κ2) is 9.33. The lowest BCUT2D eigenvalue weighted by Gasteiger charge is -2.20. The maximum atomic E-state index is 13.7. The van der Waals surface area contributed by atoms with Crippen molar-refractivity contribution in [1.82, 2.24) is 13.7 Å². The monoisotopic (exact) mass is 503 g/mol. The molecule has 2 N–H and O–H groups in total. The van der Waals surface area contributed by atoms with Crippen LogP contribution in [0.1, 0.15) is 22.8 Å². The van der Waals surface area contributed by atoms with Crippen molar-refractivity contribution in [3.8, 4) is 0 Å². The molecule has 0 saturated heterocycles. The second-order valence-electron chi connectivity index (χ2n) is 9.14. The van der Waals surface area contributed by atoms with Crippen LogP contribution in [0.2, 0.25) is 5.02 Å². The summed E-state index contributed by atoms with van der Waals surface area (Å²) >= 11 is 5.94. The number of hydrogen-bond donors (Lipinski definition) is 2. The van der Waals surface area contributed by atoms with Crippen LogP contribution in [-0.4, -0.2) is 29.9 Å². The summed E-state index contributed by atoms with van der Waals surface area (Å²) in [7, 11) is 1.98. The highest BCUT2D eigenvalue weighted by Gasteiger charge is 2.30. The van der Waals surface area contributed by atoms with Crippen molar-refractivity contribution >= 4 is 39.5 Å². The Hall–Kier alpha value is -3.81. The summed E-state index contributed by atoms with van der Waals surface area (Å²) < 4.78 is 5.17. The van der Waals surface area contributed by atoms with Gasteiger partial charge in [-0.05, 0) is 53.9 Å². The van der Waals surface area contributed by atoms with E-state index < -0.39 is 18.0 Å². The lowest BCUT2D eigenvalue weighted by Crippen LogP contribution is -2.32. The van der Waals surface area contributed by atoms with Gasteiger partial charge in [0.15, 0.2) is 0 Å². The van der Waals surface area contributed by atoms with Crippen molar-refractivity contribution in [2.75, 3.05) is 0 Å². The first-order valence-electron chi connectivity index (χ1n) is 11.6. The van der Waals surface area contributed by atoms with E-state index in [1.165, 1.54) is 4.57 Å². The van der Waals surface area contributed by atoms with Gasteiger partial charge in [-0.15, -0.1) is 0 Å². The SMILES string of the molecule is Cc1cccc2c1c(Cn1c(=O)n(CC(C(=O)O)C(O)c3ccc(Cl)cc3)c3ccccc31)cn2C. The summed E-state index contributed by atoms with van der Waals surface area (Å²) in [6.45, 7) is 2.21. The quantitative estimate of drug-likeness (QED) is 0.336. The van der Waals surface area contributed by atoms with Gasteiger partial charge in [0, 0.05) is 35.7 Å². The second-order valence-corrected chi connectivity index (χ2v) is 9.58. The fraction of sp³-hybridized carbons (Fsp3) is 0.214. The molecule has 0 aliphatic carbocycles. The molecular weight excluding hydrogens is 478 g/mol. The summed E-state index contributed by atoms with van der Waals surface area (Å²) in [6.07, 6.45) is 0.718. The van der Waals surface area contributed by atoms with E-state index in [-0.39, 0.29) is 12.2 Å². The van der Waals surface area contributed by atoms with Crippen molar-refractivity contribution in [3.05, 3.63) is 105 Å². The molecule has 2 unspecified atom stereocenters. The molecule has 0 radical (unpaired) electrons. The predicted molar refractivity (Wildman–Crippen MR) is 140 cm³/mol. The Labute approximate surface area is 212 Å². The van der Waals surface area contributed by atoms with E-state index in [0.29, 0.717) is 28.2 Å². The van der Waals surface area contributed by atoms with Gasteiger partial charge in [0.25, 0.3) is 0 Å². The maximum Gasteiger partial charge on any atom is 0.329 e. The highest BCUT2D eigenvalue weighted by molar-refractivity contribution is 6.30. The van der Waals surface area contributed by atoms with Crippen LogP contribution in [0.4, 0.5) is 0 Å². The molecule has 2 atom stereocenters. The molecule has 0 fully saturated rings. The van der Waals surface area contributed by atoms with Crippen LogP contribution >= 0.6 is 11.6 Å². The van der Waals surface area contributed by atoms with E-state index in [0.717, 1.165) is 22.0 Å². The van der Waals surface area contributed by atoms with Crippen LogP contribution in [0.15, 0.2) is 77.7 Å². The number of aliphatic carboxylic acids is 1. The number of aliphatic hydroxyl groups is 1. The molecule has 8 heteroatoms. The number of fused-ring (bicyclic) bond motifs is 2. The number of para-hydroxylation sites is 2. The van der Waals surface area contributed by atoms with Crippen LogP contribution in [0, 0.1) is 12.8 Å². The van der Waals surface area contributed by atoms with Gasteiger partial charge in [-0.3, -0.25) is 13.9 Å². The lowest BCUT2D eigenvalue weighted by atomic mass is 9.95. The molecule has 2 aromatic heterocycles. The first-order valence-corrected chi connectivity index (χ1v) is 12.0. The van der Waals surface area contributed by atoms with E-state index in [1.54, 1.807) is 34.9 Å². The van der Waals surface area contributed by atoms with Gasteiger partial charge in [0.05, 0.1) is 23.7 Å². The molecule has 0 spiro atoms. The van der Waals surface area contributed by atoms with Crippen LogP contribution in [0.5, 0.6) is 0 Å². The molecule has 36 heavy (non-hydrogen) atoms. The molecule has 5 aromatic rings. The number of imidazole rings is 1. The fourth-order valence-corrected chi connectivity index (χ4v) is 5.15. The van der Waals surface area contributed by atoms with Gasteiger partial charge in [-0.2, -0.15) is 0 Å². The molecule has 0 aliphatic heterocycles. The lowest BCUT2D eigenvalue weighted by molar-refractivity contribution is -0.146. The number of carboxylic acids is 1. The van der Waals surface area contributed by atoms with E-state index in [4.69, 9.17) is 11.6 Å². The first kappa shape index (κ1) is 23.9. The Morgan fingerprint density at radius 2 is 1.58 bits per heavy atom. The van der Waals surface area contributed by atoms with Gasteiger partial charge in [0.1, 0.15) is 5.92 Å². The van der Waals surface area contributed by atoms with Gasteiger partial charge < -0.3 is 14.8 Å². The third-order valence-corrected chi connectivity index (χ3v) is 7.10. The van der Waals surface area contributed by atoms with Crippen LogP contribution in [0.3, 0.4) is 0 Å². The smallest absolute Gasteiger partial charge is 0.329 e. The summed E-state index contributed by atoms with van der Waals surface area (Å²) in [4.78, 5) is 25.9. The number of hydrogen-bond acceptors (Lipinski definition) is 3. The molecule has 5 rings (SSSR count).